The molecule has 9 heteroatoms. The van der Waals surface area contributed by atoms with Crippen LogP contribution in [0.2, 0.25) is 0 Å². The highest BCUT2D eigenvalue weighted by Gasteiger charge is 2.77. The van der Waals surface area contributed by atoms with E-state index in [-0.39, 0.29) is 24.2 Å². The van der Waals surface area contributed by atoms with Crippen molar-refractivity contribution in [2.75, 3.05) is 12.3 Å². The molecule has 5 aliphatic rings. The number of hydrogen-bond donors (Lipinski definition) is 3. The summed E-state index contributed by atoms with van der Waals surface area (Å²) in [7, 11) is 0. The number of rotatable bonds is 3. The van der Waals surface area contributed by atoms with E-state index < -0.39 is 53.0 Å². The summed E-state index contributed by atoms with van der Waals surface area (Å²) in [6.07, 6.45) is 2.92. The fraction of sp³-hybridized carbons (Fsp3) is 0.613. The fourth-order valence-electron chi connectivity index (χ4n) is 9.73. The first-order chi connectivity index (χ1) is 18.8. The molecule has 7 rings (SSSR count). The van der Waals surface area contributed by atoms with Crippen molar-refractivity contribution in [3.8, 4) is 5.69 Å². The van der Waals surface area contributed by atoms with Gasteiger partial charge in [0.25, 0.3) is 0 Å². The quantitative estimate of drug-likeness (QED) is 0.499. The van der Waals surface area contributed by atoms with Crippen LogP contribution in [0.4, 0.5) is 10.1 Å². The number of aromatic nitrogens is 2. The van der Waals surface area contributed by atoms with Gasteiger partial charge in [-0.05, 0) is 98.8 Å². The lowest BCUT2D eigenvalue weighted by Crippen LogP contribution is -2.65. The molecule has 1 aliphatic heterocycles. The van der Waals surface area contributed by atoms with E-state index in [9.17, 15) is 15.0 Å². The summed E-state index contributed by atoms with van der Waals surface area (Å²) in [6.45, 7) is 6.95. The highest BCUT2D eigenvalue weighted by Crippen LogP contribution is 2.71. The van der Waals surface area contributed by atoms with Crippen LogP contribution in [-0.4, -0.2) is 62.2 Å². The summed E-state index contributed by atoms with van der Waals surface area (Å²) in [5, 5.41) is 26.6. The average Bonchev–Trinajstić information content (AvgIpc) is 3.49. The predicted octanol–water partition coefficient (Wildman–Crippen LogP) is 3.62. The molecule has 1 aromatic heterocycles. The molecule has 9 atom stereocenters. The molecule has 1 aromatic carbocycles. The maximum Gasteiger partial charge on any atom is 0.193 e. The summed E-state index contributed by atoms with van der Waals surface area (Å²) in [5.74, 6) is -1.90. The molecule has 2 aromatic rings. The van der Waals surface area contributed by atoms with Crippen LogP contribution in [0, 0.1) is 28.6 Å². The number of aliphatic hydroxyl groups is 2. The molecule has 4 N–H and O–H groups in total. The molecule has 8 nitrogen and oxygen atoms in total. The Kier molecular flexibility index (Phi) is 5.42. The molecule has 4 aliphatic carbocycles. The van der Waals surface area contributed by atoms with Gasteiger partial charge in [-0.25, -0.2) is 9.07 Å². The maximum absolute atomic E-state index is 16.4. The molecule has 0 spiro atoms. The number of carbonyl (C=O) groups is 1. The van der Waals surface area contributed by atoms with Gasteiger partial charge in [-0.2, -0.15) is 5.10 Å². The van der Waals surface area contributed by atoms with Crippen molar-refractivity contribution in [3.05, 3.63) is 47.3 Å². The van der Waals surface area contributed by atoms with Crippen LogP contribution in [-0.2, 0) is 20.7 Å². The highest BCUT2D eigenvalue weighted by molar-refractivity contribution is 5.91. The van der Waals surface area contributed by atoms with Gasteiger partial charge in [-0.1, -0.05) is 13.8 Å². The number of ketones is 1. The molecular formula is C31H38FN3O5. The van der Waals surface area contributed by atoms with Gasteiger partial charge in [0, 0.05) is 16.5 Å². The molecule has 4 fully saturated rings. The van der Waals surface area contributed by atoms with Gasteiger partial charge in [0.1, 0.15) is 12.8 Å². The van der Waals surface area contributed by atoms with Crippen molar-refractivity contribution in [1.29, 1.82) is 0 Å². The monoisotopic (exact) mass is 551 g/mol. The lowest BCUT2D eigenvalue weighted by molar-refractivity contribution is -0.228. The maximum atomic E-state index is 16.4. The van der Waals surface area contributed by atoms with Gasteiger partial charge in [-0.3, -0.25) is 4.79 Å². The molecule has 0 radical (unpaired) electrons. The zero-order valence-corrected chi connectivity index (χ0v) is 23.4. The van der Waals surface area contributed by atoms with Gasteiger partial charge < -0.3 is 25.4 Å². The minimum atomic E-state index is -1.37. The number of nitrogens with two attached hydrogens (primary N) is 1. The molecule has 214 valence electrons. The van der Waals surface area contributed by atoms with Crippen LogP contribution >= 0.6 is 0 Å². The number of Topliss-reactive ketones (excluding diaryl/α,β-unsaturated/α-hetero) is 1. The molecule has 0 unspecified atom stereocenters. The van der Waals surface area contributed by atoms with E-state index in [1.165, 1.54) is 0 Å². The standard InChI is InChI=1S/C31H38FN3O5/c1-28(2)39-26-11-20-19-9-22(32)21-10-23-16(14-34-35(23)18-7-5-17(33)6-8-18)12-29(21,3)27(19)24(37)13-30(20,4)31(26,40-28)25(38)15-36/h5-8,10,14,19-20,22,24,26-27,36-37H,9,11-13,15,33H2,1-4H3/t19-,20-,22-,24-,26+,27+,29-,30-,31+/m0/s1. The second kappa shape index (κ2) is 8.25. The van der Waals surface area contributed by atoms with Gasteiger partial charge >= 0.3 is 0 Å². The number of hydrogen-bond acceptors (Lipinski definition) is 7. The fourth-order valence-corrected chi connectivity index (χ4v) is 9.73. The second-order valence-electron chi connectivity index (χ2n) is 13.6. The third-order valence-corrected chi connectivity index (χ3v) is 11.1. The average molecular weight is 552 g/mol. The number of allylic oxidation sites excluding steroid dienone is 1. The Morgan fingerprint density at radius 3 is 2.62 bits per heavy atom. The van der Waals surface area contributed by atoms with Gasteiger partial charge in [-0.15, -0.1) is 0 Å². The van der Waals surface area contributed by atoms with Crippen LogP contribution in [0.15, 0.2) is 36.0 Å². The summed E-state index contributed by atoms with van der Waals surface area (Å²) in [4.78, 5) is 13.4. The van der Waals surface area contributed by atoms with E-state index in [1.54, 1.807) is 13.8 Å². The molecule has 1 saturated heterocycles. The Balaban J connectivity index is 1.29. The van der Waals surface area contributed by atoms with Crippen LogP contribution in [0.5, 0.6) is 0 Å². The van der Waals surface area contributed by atoms with Crippen molar-refractivity contribution in [3.63, 3.8) is 0 Å². The summed E-state index contributed by atoms with van der Waals surface area (Å²) >= 11 is 0. The number of carbonyl (C=O) groups excluding carboxylic acids is 1. The molecule has 0 amide bonds. The number of alkyl halides is 1. The lowest BCUT2D eigenvalue weighted by Gasteiger charge is -2.61. The highest BCUT2D eigenvalue weighted by atomic mass is 19.1. The van der Waals surface area contributed by atoms with Crippen molar-refractivity contribution >= 4 is 17.5 Å². The van der Waals surface area contributed by atoms with E-state index in [2.05, 4.69) is 12.0 Å². The Morgan fingerprint density at radius 1 is 1.20 bits per heavy atom. The molecule has 0 bridgehead atoms. The minimum Gasteiger partial charge on any atom is -0.399 e. The molecular weight excluding hydrogens is 513 g/mol. The summed E-state index contributed by atoms with van der Waals surface area (Å²) < 4.78 is 30.9. The van der Waals surface area contributed by atoms with E-state index in [0.717, 1.165) is 16.9 Å². The largest absolute Gasteiger partial charge is 0.399 e. The first kappa shape index (κ1) is 26.3. The smallest absolute Gasteiger partial charge is 0.193 e. The zero-order chi connectivity index (χ0) is 28.4. The van der Waals surface area contributed by atoms with E-state index in [1.807, 2.05) is 48.1 Å². The van der Waals surface area contributed by atoms with Crippen LogP contribution < -0.4 is 5.73 Å². The van der Waals surface area contributed by atoms with E-state index in [0.29, 0.717) is 30.5 Å². The third-order valence-electron chi connectivity index (χ3n) is 11.1. The van der Waals surface area contributed by atoms with Crippen LogP contribution in [0.25, 0.3) is 11.8 Å². The zero-order valence-electron chi connectivity index (χ0n) is 23.4. The summed E-state index contributed by atoms with van der Waals surface area (Å²) in [5.41, 5.74) is 7.18. The van der Waals surface area contributed by atoms with Crippen LogP contribution in [0.3, 0.4) is 0 Å². The predicted molar refractivity (Wildman–Crippen MR) is 146 cm³/mol. The molecule has 2 heterocycles. The van der Waals surface area contributed by atoms with Crippen molar-refractivity contribution in [2.24, 2.45) is 28.6 Å². The van der Waals surface area contributed by atoms with Crippen molar-refractivity contribution in [2.45, 2.75) is 83.1 Å². The number of nitrogen functional groups attached to an aromatic ring is 1. The number of aliphatic hydroxyl groups excluding tert-OH is 2. The van der Waals surface area contributed by atoms with Crippen LogP contribution in [0.1, 0.15) is 58.2 Å². The Hall–Kier alpha value is -2.59. The Bertz CT molecular complexity index is 1420. The van der Waals surface area contributed by atoms with Crippen molar-refractivity contribution in [1.82, 2.24) is 9.78 Å². The number of ether oxygens (including phenoxy) is 2. The van der Waals surface area contributed by atoms with Crippen molar-refractivity contribution < 1.29 is 28.9 Å². The summed E-state index contributed by atoms with van der Waals surface area (Å²) in [6, 6.07) is 7.44. The molecule has 40 heavy (non-hydrogen) atoms. The van der Waals surface area contributed by atoms with Gasteiger partial charge in [0.05, 0.1) is 29.8 Å². The molecule has 3 saturated carbocycles. The topological polar surface area (TPSA) is 120 Å². The van der Waals surface area contributed by atoms with E-state index in [4.69, 9.17) is 15.2 Å². The number of anilines is 1. The van der Waals surface area contributed by atoms with Gasteiger partial charge in [0.15, 0.2) is 17.2 Å². The third kappa shape index (κ3) is 3.20. The first-order valence-electron chi connectivity index (χ1n) is 14.3. The Labute approximate surface area is 233 Å². The minimum absolute atomic E-state index is 0.104. The number of halogens is 1. The second-order valence-corrected chi connectivity index (χ2v) is 13.6. The number of fused-ring (bicyclic) bond motifs is 8. The lowest BCUT2D eigenvalue weighted by atomic mass is 9.45. The van der Waals surface area contributed by atoms with Gasteiger partial charge in [0.2, 0.25) is 0 Å². The number of benzene rings is 1. The van der Waals surface area contributed by atoms with E-state index >= 15 is 4.39 Å². The first-order valence-corrected chi connectivity index (χ1v) is 14.3. The number of nitrogens with zero attached hydrogens (tertiary/aromatic N) is 2. The normalized spacial score (nSPS) is 42.7. The SMILES string of the molecule is CC1(C)O[C@@H]2C[C@H]3[C@@H]4C[C@H](F)C5=Cc6c(cnn6-c6ccc(N)cc6)C[C@]5(C)[C@H]4[C@@H](O)C[C@]3(C)[C@]2(C(=O)CO)O1. The Morgan fingerprint density at radius 2 is 1.93 bits per heavy atom.